The van der Waals surface area contributed by atoms with Gasteiger partial charge in [0, 0.05) is 12.1 Å². The summed E-state index contributed by atoms with van der Waals surface area (Å²) in [4.78, 5) is 29.2. The molecule has 0 aliphatic carbocycles. The van der Waals surface area contributed by atoms with E-state index in [1.165, 1.54) is 21.3 Å². The fourth-order valence-corrected chi connectivity index (χ4v) is 6.14. The SMILES string of the molecule is CCc1ccccc1N(CC(=O)N(Cc1cccc(C)c1)C(CC)C(=O)NC(C)(C)C)S(=O)(=O)c1ccccc1. The Labute approximate surface area is 239 Å². The van der Waals surface area contributed by atoms with Gasteiger partial charge >= 0.3 is 0 Å². The second-order valence-electron chi connectivity index (χ2n) is 11.0. The molecule has 0 saturated heterocycles. The summed E-state index contributed by atoms with van der Waals surface area (Å²) < 4.78 is 29.2. The summed E-state index contributed by atoms with van der Waals surface area (Å²) in [6.07, 6.45) is 0.959. The second kappa shape index (κ2) is 13.1. The molecule has 0 radical (unpaired) electrons. The number of carbonyl (C=O) groups excluding carboxylic acids is 2. The highest BCUT2D eigenvalue weighted by atomic mass is 32.2. The molecule has 7 nitrogen and oxygen atoms in total. The zero-order chi connectivity index (χ0) is 29.5. The van der Waals surface area contributed by atoms with E-state index in [9.17, 15) is 18.0 Å². The van der Waals surface area contributed by atoms with Crippen LogP contribution in [0.4, 0.5) is 5.69 Å². The Kier molecular flexibility index (Phi) is 10.1. The Bertz CT molecular complexity index is 1420. The number of amides is 2. The fraction of sp³-hybridized carbons (Fsp3) is 0.375. The van der Waals surface area contributed by atoms with Crippen LogP contribution >= 0.6 is 0 Å². The number of hydrogen-bond acceptors (Lipinski definition) is 4. The Balaban J connectivity index is 2.10. The van der Waals surface area contributed by atoms with Crippen molar-refractivity contribution in [2.45, 2.75) is 77.4 Å². The first-order chi connectivity index (χ1) is 18.9. The van der Waals surface area contributed by atoms with Gasteiger partial charge in [-0.2, -0.15) is 0 Å². The van der Waals surface area contributed by atoms with Crippen LogP contribution in [0.2, 0.25) is 0 Å². The van der Waals surface area contributed by atoms with Crippen LogP contribution < -0.4 is 9.62 Å². The molecule has 0 spiro atoms. The number of nitrogens with one attached hydrogen (secondary N) is 1. The maximum Gasteiger partial charge on any atom is 0.264 e. The zero-order valence-electron chi connectivity index (χ0n) is 24.3. The van der Waals surface area contributed by atoms with Crippen molar-refractivity contribution in [3.8, 4) is 0 Å². The molecule has 0 aromatic heterocycles. The highest BCUT2D eigenvalue weighted by Gasteiger charge is 2.35. The van der Waals surface area contributed by atoms with Gasteiger partial charge in [-0.1, -0.05) is 80.1 Å². The highest BCUT2D eigenvalue weighted by molar-refractivity contribution is 7.92. The maximum absolute atomic E-state index is 14.2. The lowest BCUT2D eigenvalue weighted by atomic mass is 10.0. The van der Waals surface area contributed by atoms with Gasteiger partial charge in [-0.3, -0.25) is 13.9 Å². The van der Waals surface area contributed by atoms with Crippen LogP contribution in [-0.2, 0) is 32.6 Å². The molecule has 0 heterocycles. The van der Waals surface area contributed by atoms with E-state index in [0.717, 1.165) is 16.7 Å². The van der Waals surface area contributed by atoms with E-state index in [0.29, 0.717) is 18.5 Å². The number of para-hydroxylation sites is 1. The van der Waals surface area contributed by atoms with E-state index < -0.39 is 34.1 Å². The van der Waals surface area contributed by atoms with Crippen molar-refractivity contribution in [3.63, 3.8) is 0 Å². The molecule has 2 amide bonds. The van der Waals surface area contributed by atoms with Gasteiger partial charge in [0.15, 0.2) is 0 Å². The van der Waals surface area contributed by atoms with Crippen molar-refractivity contribution in [1.82, 2.24) is 10.2 Å². The molecule has 0 saturated carbocycles. The number of hydrogen-bond donors (Lipinski definition) is 1. The number of nitrogens with zero attached hydrogens (tertiary/aromatic N) is 2. The zero-order valence-corrected chi connectivity index (χ0v) is 25.2. The molecule has 3 aromatic carbocycles. The van der Waals surface area contributed by atoms with E-state index >= 15 is 0 Å². The number of anilines is 1. The molecular formula is C32H41N3O4S. The smallest absolute Gasteiger partial charge is 0.264 e. The highest BCUT2D eigenvalue weighted by Crippen LogP contribution is 2.28. The minimum Gasteiger partial charge on any atom is -0.350 e. The summed E-state index contributed by atoms with van der Waals surface area (Å²) in [6, 6.07) is 22.3. The van der Waals surface area contributed by atoms with E-state index in [4.69, 9.17) is 0 Å². The second-order valence-corrected chi connectivity index (χ2v) is 12.8. The van der Waals surface area contributed by atoms with Crippen molar-refractivity contribution in [1.29, 1.82) is 0 Å². The molecule has 3 rings (SSSR count). The van der Waals surface area contributed by atoms with Gasteiger partial charge in [0.25, 0.3) is 10.0 Å². The summed E-state index contributed by atoms with van der Waals surface area (Å²) in [7, 11) is -4.09. The topological polar surface area (TPSA) is 86.8 Å². The third-order valence-electron chi connectivity index (χ3n) is 6.57. The molecular weight excluding hydrogens is 522 g/mol. The normalized spacial score (nSPS) is 12.4. The van der Waals surface area contributed by atoms with Gasteiger partial charge in [-0.25, -0.2) is 8.42 Å². The summed E-state index contributed by atoms with van der Waals surface area (Å²) >= 11 is 0. The molecule has 40 heavy (non-hydrogen) atoms. The van der Waals surface area contributed by atoms with Gasteiger partial charge in [-0.05, 0) is 69.9 Å². The first-order valence-electron chi connectivity index (χ1n) is 13.7. The fourth-order valence-electron chi connectivity index (χ4n) is 4.67. The van der Waals surface area contributed by atoms with Crippen molar-refractivity contribution >= 4 is 27.5 Å². The lowest BCUT2D eigenvalue weighted by molar-refractivity contribution is -0.141. The number of rotatable bonds is 11. The third-order valence-corrected chi connectivity index (χ3v) is 8.34. The molecule has 1 unspecified atom stereocenters. The van der Waals surface area contributed by atoms with Gasteiger partial charge in [0.05, 0.1) is 10.6 Å². The Morgan fingerprint density at radius 2 is 1.55 bits per heavy atom. The van der Waals surface area contributed by atoms with Gasteiger partial charge in [0.2, 0.25) is 11.8 Å². The monoisotopic (exact) mass is 563 g/mol. The first kappa shape index (κ1) is 30.9. The predicted octanol–water partition coefficient (Wildman–Crippen LogP) is 5.47. The van der Waals surface area contributed by atoms with Gasteiger partial charge in [0.1, 0.15) is 12.6 Å². The summed E-state index contributed by atoms with van der Waals surface area (Å²) in [5.74, 6) is -0.731. The minimum absolute atomic E-state index is 0.0939. The molecule has 1 N–H and O–H groups in total. The summed E-state index contributed by atoms with van der Waals surface area (Å²) in [5, 5.41) is 3.00. The Morgan fingerprint density at radius 3 is 2.15 bits per heavy atom. The van der Waals surface area contributed by atoms with E-state index in [2.05, 4.69) is 5.32 Å². The summed E-state index contributed by atoms with van der Waals surface area (Å²) in [5.41, 5.74) is 2.65. The largest absolute Gasteiger partial charge is 0.350 e. The molecule has 0 fully saturated rings. The molecule has 214 valence electrons. The van der Waals surface area contributed by atoms with Crippen molar-refractivity contribution in [2.24, 2.45) is 0 Å². The van der Waals surface area contributed by atoms with Crippen molar-refractivity contribution in [2.75, 3.05) is 10.8 Å². The first-order valence-corrected chi connectivity index (χ1v) is 15.1. The Hall–Kier alpha value is -3.65. The molecule has 1 atom stereocenters. The number of sulfonamides is 1. The van der Waals surface area contributed by atoms with Crippen LogP contribution in [0.1, 0.15) is 57.7 Å². The van der Waals surface area contributed by atoms with Crippen molar-refractivity contribution in [3.05, 3.63) is 95.6 Å². The predicted molar refractivity (Wildman–Crippen MR) is 160 cm³/mol. The molecule has 0 bridgehead atoms. The summed E-state index contributed by atoms with van der Waals surface area (Å²) in [6.45, 7) is 11.2. The van der Waals surface area contributed by atoms with Crippen LogP contribution in [0.25, 0.3) is 0 Å². The molecule has 0 aliphatic rings. The van der Waals surface area contributed by atoms with E-state index in [-0.39, 0.29) is 17.3 Å². The number of aryl methyl sites for hydroxylation is 2. The van der Waals surface area contributed by atoms with E-state index in [1.807, 2.05) is 77.9 Å². The lowest BCUT2D eigenvalue weighted by Gasteiger charge is -2.35. The maximum atomic E-state index is 14.2. The number of benzene rings is 3. The lowest BCUT2D eigenvalue weighted by Crippen LogP contribution is -2.55. The van der Waals surface area contributed by atoms with Crippen LogP contribution in [0.5, 0.6) is 0 Å². The standard InChI is InChI=1S/C32H41N3O4S/c1-7-26-17-12-13-20-29(26)35(40(38,39)27-18-10-9-11-19-27)23-30(36)34(22-25-16-14-15-24(3)21-25)28(8-2)31(37)33-32(4,5)6/h9-21,28H,7-8,22-23H2,1-6H3,(H,33,37). The van der Waals surface area contributed by atoms with Crippen LogP contribution in [0.15, 0.2) is 83.8 Å². The van der Waals surface area contributed by atoms with Crippen LogP contribution in [0.3, 0.4) is 0 Å². The molecule has 3 aromatic rings. The average molecular weight is 564 g/mol. The van der Waals surface area contributed by atoms with Gasteiger partial charge < -0.3 is 10.2 Å². The van der Waals surface area contributed by atoms with Gasteiger partial charge in [-0.15, -0.1) is 0 Å². The third kappa shape index (κ3) is 7.72. The Morgan fingerprint density at radius 1 is 0.900 bits per heavy atom. The quantitative estimate of drug-likeness (QED) is 0.335. The minimum atomic E-state index is -4.09. The van der Waals surface area contributed by atoms with Crippen LogP contribution in [0, 0.1) is 6.92 Å². The average Bonchev–Trinajstić information content (AvgIpc) is 2.91. The van der Waals surface area contributed by atoms with Crippen LogP contribution in [-0.4, -0.2) is 43.3 Å². The number of carbonyl (C=O) groups is 2. The molecule has 8 heteroatoms. The molecule has 0 aliphatic heterocycles. The van der Waals surface area contributed by atoms with Crippen molar-refractivity contribution < 1.29 is 18.0 Å². The van der Waals surface area contributed by atoms with E-state index in [1.54, 1.807) is 30.3 Å².